The molecule has 2 aromatic heterocycles. The normalized spacial score (nSPS) is 20.8. The summed E-state index contributed by atoms with van der Waals surface area (Å²) in [5, 5.41) is 10.3. The van der Waals surface area contributed by atoms with Gasteiger partial charge in [0.05, 0.1) is 10.7 Å². The van der Waals surface area contributed by atoms with E-state index in [0.717, 1.165) is 31.7 Å². The number of piperidine rings is 1. The molecule has 0 radical (unpaired) electrons. The molecule has 0 amide bonds. The lowest BCUT2D eigenvalue weighted by Crippen LogP contribution is -2.35. The fraction of sp³-hybridized carbons (Fsp3) is 0.529. The molecule has 1 aliphatic heterocycles. The highest BCUT2D eigenvalue weighted by Gasteiger charge is 2.26. The van der Waals surface area contributed by atoms with E-state index >= 15 is 0 Å². The standard InChI is InChI=1S/C17H19N5S/c18-10-15-19-8-7-16(21-15)22-9-3-4-12(11-22)17-20-13-5-1-2-6-14(13)23-17/h7-8,12H,1-6,9,11H2/t12-/m1/s1. The molecule has 0 spiro atoms. The number of hydrogen-bond acceptors (Lipinski definition) is 6. The molecule has 6 heteroatoms. The van der Waals surface area contributed by atoms with Gasteiger partial charge in [0.2, 0.25) is 5.82 Å². The Balaban J connectivity index is 1.55. The molecule has 5 nitrogen and oxygen atoms in total. The number of hydrogen-bond donors (Lipinski definition) is 0. The van der Waals surface area contributed by atoms with E-state index in [0.29, 0.717) is 5.92 Å². The second-order valence-corrected chi connectivity index (χ2v) is 7.38. The summed E-state index contributed by atoms with van der Waals surface area (Å²) in [6.45, 7) is 1.93. The van der Waals surface area contributed by atoms with Gasteiger partial charge in [-0.15, -0.1) is 11.3 Å². The zero-order valence-electron chi connectivity index (χ0n) is 13.0. The molecule has 1 saturated heterocycles. The summed E-state index contributed by atoms with van der Waals surface area (Å²) in [7, 11) is 0. The first kappa shape index (κ1) is 14.6. The Morgan fingerprint density at radius 3 is 3.00 bits per heavy atom. The van der Waals surface area contributed by atoms with E-state index in [1.807, 2.05) is 23.5 Å². The molecule has 0 saturated carbocycles. The maximum Gasteiger partial charge on any atom is 0.234 e. The van der Waals surface area contributed by atoms with E-state index in [-0.39, 0.29) is 5.82 Å². The summed E-state index contributed by atoms with van der Waals surface area (Å²) >= 11 is 1.92. The Kier molecular flexibility index (Phi) is 3.96. The van der Waals surface area contributed by atoms with Gasteiger partial charge in [-0.25, -0.2) is 15.0 Å². The van der Waals surface area contributed by atoms with Crippen molar-refractivity contribution >= 4 is 17.2 Å². The van der Waals surface area contributed by atoms with Crippen LogP contribution in [0.25, 0.3) is 0 Å². The van der Waals surface area contributed by atoms with Crippen LogP contribution in [0.3, 0.4) is 0 Å². The molecule has 1 atom stereocenters. The van der Waals surface area contributed by atoms with Crippen LogP contribution in [-0.2, 0) is 12.8 Å². The van der Waals surface area contributed by atoms with Crippen molar-refractivity contribution in [1.82, 2.24) is 15.0 Å². The number of thiazole rings is 1. The Morgan fingerprint density at radius 1 is 1.22 bits per heavy atom. The van der Waals surface area contributed by atoms with Gasteiger partial charge in [0.1, 0.15) is 11.9 Å². The molecule has 1 fully saturated rings. The lowest BCUT2D eigenvalue weighted by atomic mass is 9.98. The molecular weight excluding hydrogens is 306 g/mol. The quantitative estimate of drug-likeness (QED) is 0.849. The van der Waals surface area contributed by atoms with Gasteiger partial charge in [0.15, 0.2) is 0 Å². The largest absolute Gasteiger partial charge is 0.356 e. The molecule has 23 heavy (non-hydrogen) atoms. The summed E-state index contributed by atoms with van der Waals surface area (Å²) in [4.78, 5) is 17.0. The number of rotatable bonds is 2. The van der Waals surface area contributed by atoms with E-state index < -0.39 is 0 Å². The van der Waals surface area contributed by atoms with Crippen LogP contribution in [0, 0.1) is 11.3 Å². The zero-order valence-corrected chi connectivity index (χ0v) is 13.8. The SMILES string of the molecule is N#Cc1nccc(N2CCC[C@@H](c3nc4c(s3)CCCC4)C2)n1. The van der Waals surface area contributed by atoms with E-state index in [4.69, 9.17) is 10.2 Å². The summed E-state index contributed by atoms with van der Waals surface area (Å²) < 4.78 is 0. The van der Waals surface area contributed by atoms with E-state index in [9.17, 15) is 0 Å². The number of aryl methyl sites for hydroxylation is 2. The van der Waals surface area contributed by atoms with E-state index in [1.165, 1.54) is 41.3 Å². The highest BCUT2D eigenvalue weighted by molar-refractivity contribution is 7.11. The van der Waals surface area contributed by atoms with Crippen LogP contribution in [0.1, 0.15) is 53.0 Å². The Morgan fingerprint density at radius 2 is 2.13 bits per heavy atom. The third kappa shape index (κ3) is 2.93. The number of fused-ring (bicyclic) bond motifs is 1. The molecule has 2 aliphatic rings. The van der Waals surface area contributed by atoms with Crippen LogP contribution in [0.4, 0.5) is 5.82 Å². The van der Waals surface area contributed by atoms with Crippen molar-refractivity contribution in [3.05, 3.63) is 33.7 Å². The Bertz CT molecular complexity index is 724. The Labute approximate surface area is 140 Å². The predicted molar refractivity (Wildman–Crippen MR) is 89.7 cm³/mol. The van der Waals surface area contributed by atoms with Gasteiger partial charge < -0.3 is 4.90 Å². The van der Waals surface area contributed by atoms with Crippen molar-refractivity contribution in [2.75, 3.05) is 18.0 Å². The van der Waals surface area contributed by atoms with Gasteiger partial charge >= 0.3 is 0 Å². The minimum atomic E-state index is 0.245. The second kappa shape index (κ2) is 6.25. The van der Waals surface area contributed by atoms with Crippen LogP contribution in [-0.4, -0.2) is 28.0 Å². The molecular formula is C17H19N5S. The molecule has 4 rings (SSSR count). The van der Waals surface area contributed by atoms with Crippen molar-refractivity contribution in [3.63, 3.8) is 0 Å². The molecule has 0 bridgehead atoms. The zero-order chi connectivity index (χ0) is 15.6. The maximum atomic E-state index is 8.98. The highest BCUT2D eigenvalue weighted by atomic mass is 32.1. The topological polar surface area (TPSA) is 65.7 Å². The monoisotopic (exact) mass is 325 g/mol. The van der Waals surface area contributed by atoms with E-state index in [1.54, 1.807) is 6.20 Å². The molecule has 0 aromatic carbocycles. The van der Waals surface area contributed by atoms with Gasteiger partial charge in [-0.2, -0.15) is 5.26 Å². The summed E-state index contributed by atoms with van der Waals surface area (Å²) in [5.74, 6) is 1.59. The van der Waals surface area contributed by atoms with Crippen LogP contribution in [0.15, 0.2) is 12.3 Å². The van der Waals surface area contributed by atoms with Crippen molar-refractivity contribution in [3.8, 4) is 6.07 Å². The number of nitrogens with zero attached hydrogens (tertiary/aromatic N) is 5. The van der Waals surface area contributed by atoms with Crippen LogP contribution < -0.4 is 4.90 Å². The fourth-order valence-corrected chi connectivity index (χ4v) is 4.79. The fourth-order valence-electron chi connectivity index (χ4n) is 3.51. The number of aromatic nitrogens is 3. The average Bonchev–Trinajstić information content (AvgIpc) is 3.06. The predicted octanol–water partition coefficient (Wildman–Crippen LogP) is 3.07. The second-order valence-electron chi connectivity index (χ2n) is 6.26. The third-order valence-corrected chi connectivity index (χ3v) is 6.02. The van der Waals surface area contributed by atoms with Gasteiger partial charge in [-0.3, -0.25) is 0 Å². The van der Waals surface area contributed by atoms with Gasteiger partial charge in [-0.05, 0) is 44.6 Å². The molecule has 0 N–H and O–H groups in total. The van der Waals surface area contributed by atoms with Crippen molar-refractivity contribution < 1.29 is 0 Å². The van der Waals surface area contributed by atoms with Crippen LogP contribution >= 0.6 is 11.3 Å². The first-order valence-electron chi connectivity index (χ1n) is 8.30. The maximum absolute atomic E-state index is 8.98. The van der Waals surface area contributed by atoms with Gasteiger partial charge in [-0.1, -0.05) is 0 Å². The van der Waals surface area contributed by atoms with Gasteiger partial charge in [0.25, 0.3) is 0 Å². The average molecular weight is 325 g/mol. The summed E-state index contributed by atoms with van der Waals surface area (Å²) in [5.41, 5.74) is 1.35. The molecule has 2 aromatic rings. The van der Waals surface area contributed by atoms with Crippen molar-refractivity contribution in [1.29, 1.82) is 5.26 Å². The molecule has 1 aliphatic carbocycles. The van der Waals surface area contributed by atoms with Crippen molar-refractivity contribution in [2.24, 2.45) is 0 Å². The Hall–Kier alpha value is -2.00. The van der Waals surface area contributed by atoms with Gasteiger partial charge in [0, 0.05) is 30.1 Å². The molecule has 3 heterocycles. The lowest BCUT2D eigenvalue weighted by Gasteiger charge is -2.32. The smallest absolute Gasteiger partial charge is 0.234 e. The minimum Gasteiger partial charge on any atom is -0.356 e. The number of nitriles is 1. The minimum absolute atomic E-state index is 0.245. The molecule has 0 unspecified atom stereocenters. The first-order valence-corrected chi connectivity index (χ1v) is 9.11. The van der Waals surface area contributed by atoms with Crippen LogP contribution in [0.5, 0.6) is 0 Å². The highest BCUT2D eigenvalue weighted by Crippen LogP contribution is 2.35. The number of anilines is 1. The third-order valence-electron chi connectivity index (χ3n) is 4.70. The molecule has 118 valence electrons. The lowest BCUT2D eigenvalue weighted by molar-refractivity contribution is 0.504. The van der Waals surface area contributed by atoms with Crippen LogP contribution in [0.2, 0.25) is 0 Å². The van der Waals surface area contributed by atoms with Crippen molar-refractivity contribution in [2.45, 2.75) is 44.4 Å². The first-order chi connectivity index (χ1) is 11.3. The summed E-state index contributed by atoms with van der Waals surface area (Å²) in [6, 6.07) is 3.92. The van der Waals surface area contributed by atoms with E-state index in [2.05, 4.69) is 14.9 Å². The summed E-state index contributed by atoms with van der Waals surface area (Å²) in [6.07, 6.45) is 8.96.